The van der Waals surface area contributed by atoms with E-state index in [1.807, 2.05) is 67.6 Å². The fourth-order valence-electron chi connectivity index (χ4n) is 4.30. The predicted octanol–water partition coefficient (Wildman–Crippen LogP) is 3.12. The number of hydrogen-bond acceptors (Lipinski definition) is 5. The van der Waals surface area contributed by atoms with E-state index < -0.39 is 0 Å². The lowest BCUT2D eigenvalue weighted by atomic mass is 10.1. The molecule has 2 amide bonds. The van der Waals surface area contributed by atoms with E-state index in [0.29, 0.717) is 37.5 Å². The van der Waals surface area contributed by atoms with Gasteiger partial charge in [-0.3, -0.25) is 19.3 Å². The van der Waals surface area contributed by atoms with Crippen LogP contribution in [0.15, 0.2) is 77.6 Å². The van der Waals surface area contributed by atoms with Crippen molar-refractivity contribution >= 4 is 56.1 Å². The van der Waals surface area contributed by atoms with Gasteiger partial charge in [-0.05, 0) is 37.3 Å². The quantitative estimate of drug-likeness (QED) is 0.443. The van der Waals surface area contributed by atoms with Gasteiger partial charge in [-0.2, -0.15) is 0 Å². The molecule has 8 heteroatoms. The van der Waals surface area contributed by atoms with Crippen molar-refractivity contribution in [2.45, 2.75) is 6.92 Å². The second-order valence-electron chi connectivity index (χ2n) is 8.15. The number of nitrogens with zero attached hydrogens (tertiary/aromatic N) is 3. The molecule has 0 fully saturated rings. The van der Waals surface area contributed by atoms with Crippen LogP contribution in [0.5, 0.6) is 0 Å². The summed E-state index contributed by atoms with van der Waals surface area (Å²) in [6.07, 6.45) is 0. The summed E-state index contributed by atoms with van der Waals surface area (Å²) in [4.78, 5) is 46.3. The van der Waals surface area contributed by atoms with Crippen molar-refractivity contribution in [2.24, 2.45) is 0 Å². The Hall–Kier alpha value is -4.30. The summed E-state index contributed by atoms with van der Waals surface area (Å²) in [6.45, 7) is 1.81. The first-order valence-corrected chi connectivity index (χ1v) is 11.5. The summed E-state index contributed by atoms with van der Waals surface area (Å²) in [6, 6.07) is 22.1. The van der Waals surface area contributed by atoms with Crippen LogP contribution in [-0.4, -0.2) is 27.7 Å². The molecule has 6 rings (SSSR count). The van der Waals surface area contributed by atoms with Crippen LogP contribution in [0, 0.1) is 6.92 Å². The van der Waals surface area contributed by atoms with Crippen molar-refractivity contribution in [1.29, 1.82) is 0 Å². The highest BCUT2D eigenvalue weighted by Gasteiger charge is 2.35. The third-order valence-electron chi connectivity index (χ3n) is 5.91. The number of nitrogens with one attached hydrogen (secondary N) is 1. The van der Waals surface area contributed by atoms with Gasteiger partial charge in [-0.25, -0.2) is 9.38 Å². The zero-order valence-electron chi connectivity index (χ0n) is 18.1. The van der Waals surface area contributed by atoms with Gasteiger partial charge in [0.05, 0.1) is 22.3 Å². The number of para-hydroxylation sites is 3. The molecule has 3 heterocycles. The van der Waals surface area contributed by atoms with Gasteiger partial charge in [0.1, 0.15) is 11.1 Å². The minimum atomic E-state index is -0.369. The molecule has 0 unspecified atom stereocenters. The molecule has 3 aromatic carbocycles. The smallest absolute Gasteiger partial charge is 0.275 e. The van der Waals surface area contributed by atoms with Gasteiger partial charge in [0.2, 0.25) is 5.91 Å². The molecule has 0 saturated heterocycles. The molecular weight excluding hydrogens is 448 g/mol. The van der Waals surface area contributed by atoms with Crippen LogP contribution < -0.4 is 20.3 Å². The second kappa shape index (κ2) is 7.64. The highest BCUT2D eigenvalue weighted by molar-refractivity contribution is 7.15. The Balaban J connectivity index is 1.44. The third kappa shape index (κ3) is 3.11. The van der Waals surface area contributed by atoms with Crippen molar-refractivity contribution in [1.82, 2.24) is 9.38 Å². The number of imidazole rings is 1. The Kier molecular flexibility index (Phi) is 4.56. The summed E-state index contributed by atoms with van der Waals surface area (Å²) < 4.78 is 1.87. The van der Waals surface area contributed by atoms with E-state index in [0.717, 1.165) is 11.1 Å². The topological polar surface area (TPSA) is 83.8 Å². The van der Waals surface area contributed by atoms with Gasteiger partial charge in [0, 0.05) is 11.3 Å². The normalized spacial score (nSPS) is 14.7. The van der Waals surface area contributed by atoms with E-state index in [-0.39, 0.29) is 23.9 Å². The Morgan fingerprint density at radius 3 is 2.53 bits per heavy atom. The number of benzene rings is 3. The maximum absolute atomic E-state index is 13.6. The summed E-state index contributed by atoms with van der Waals surface area (Å²) >= 11 is 1.19. The first-order valence-electron chi connectivity index (χ1n) is 10.7. The molecule has 2 aromatic heterocycles. The number of anilines is 2. The van der Waals surface area contributed by atoms with Crippen molar-refractivity contribution in [2.75, 3.05) is 16.8 Å². The molecule has 0 spiro atoms. The SMILES string of the molecule is Cc1ccc(NC(=O)CN2C(=O)C(=c3sc4nc5ccccc5n4c3=O)c3ccccc32)cc1. The predicted molar refractivity (Wildman–Crippen MR) is 133 cm³/mol. The van der Waals surface area contributed by atoms with Gasteiger partial charge in [0.15, 0.2) is 4.96 Å². The standard InChI is InChI=1S/C26H18N4O3S/c1-15-10-12-16(13-11-15)27-21(31)14-29-19-8-4-2-6-17(19)22(24(29)32)23-25(33)30-20-9-5-3-7-18(20)28-26(30)34-23/h2-13H,14H2,1H3,(H,27,31). The van der Waals surface area contributed by atoms with Crippen LogP contribution in [-0.2, 0) is 9.59 Å². The Morgan fingerprint density at radius 1 is 0.971 bits per heavy atom. The molecule has 0 radical (unpaired) electrons. The van der Waals surface area contributed by atoms with Crippen LogP contribution >= 0.6 is 11.3 Å². The van der Waals surface area contributed by atoms with E-state index in [9.17, 15) is 14.4 Å². The van der Waals surface area contributed by atoms with Gasteiger partial charge < -0.3 is 5.32 Å². The lowest BCUT2D eigenvalue weighted by Gasteiger charge is -2.16. The molecule has 0 saturated carbocycles. The highest BCUT2D eigenvalue weighted by atomic mass is 32.1. The van der Waals surface area contributed by atoms with E-state index in [1.54, 1.807) is 16.5 Å². The first kappa shape index (κ1) is 20.3. The van der Waals surface area contributed by atoms with E-state index in [4.69, 9.17) is 0 Å². The number of aryl methyl sites for hydroxylation is 1. The van der Waals surface area contributed by atoms with Crippen LogP contribution in [0.2, 0.25) is 0 Å². The van der Waals surface area contributed by atoms with E-state index >= 15 is 0 Å². The molecule has 0 aliphatic carbocycles. The Labute approximate surface area is 197 Å². The average molecular weight is 467 g/mol. The molecule has 34 heavy (non-hydrogen) atoms. The first-order chi connectivity index (χ1) is 16.5. The van der Waals surface area contributed by atoms with Gasteiger partial charge in [0.25, 0.3) is 11.5 Å². The summed E-state index contributed by atoms with van der Waals surface area (Å²) in [5, 5.41) is 2.84. The monoisotopic (exact) mass is 466 g/mol. The lowest BCUT2D eigenvalue weighted by Crippen LogP contribution is -2.37. The largest absolute Gasteiger partial charge is 0.325 e. The molecule has 1 aliphatic rings. The molecule has 7 nitrogen and oxygen atoms in total. The fourth-order valence-corrected chi connectivity index (χ4v) is 5.38. The molecule has 166 valence electrons. The average Bonchev–Trinajstić information content (AvgIpc) is 3.44. The van der Waals surface area contributed by atoms with Gasteiger partial charge in [-0.1, -0.05) is 59.4 Å². The molecule has 5 aromatic rings. The molecular formula is C26H18N4O3S. The van der Waals surface area contributed by atoms with Crippen LogP contribution in [0.1, 0.15) is 11.1 Å². The number of fused-ring (bicyclic) bond motifs is 4. The van der Waals surface area contributed by atoms with Crippen LogP contribution in [0.25, 0.3) is 21.6 Å². The Morgan fingerprint density at radius 2 is 1.71 bits per heavy atom. The van der Waals surface area contributed by atoms with Crippen molar-refractivity contribution in [3.8, 4) is 0 Å². The summed E-state index contributed by atoms with van der Waals surface area (Å²) in [5.41, 5.74) is 4.46. The molecule has 0 atom stereocenters. The number of carbonyl (C=O) groups excluding carboxylic acids is 2. The fraction of sp³-hybridized carbons (Fsp3) is 0.0769. The highest BCUT2D eigenvalue weighted by Crippen LogP contribution is 2.35. The maximum Gasteiger partial charge on any atom is 0.275 e. The van der Waals surface area contributed by atoms with Crippen LogP contribution in [0.4, 0.5) is 11.4 Å². The molecule has 1 N–H and O–H groups in total. The number of thiazole rings is 1. The van der Waals surface area contributed by atoms with Crippen LogP contribution in [0.3, 0.4) is 0 Å². The third-order valence-corrected chi connectivity index (χ3v) is 6.95. The minimum absolute atomic E-state index is 0.160. The number of amides is 2. The maximum atomic E-state index is 13.6. The zero-order valence-corrected chi connectivity index (χ0v) is 18.9. The number of carbonyl (C=O) groups is 2. The van der Waals surface area contributed by atoms with Crippen molar-refractivity contribution in [3.63, 3.8) is 0 Å². The molecule has 1 aliphatic heterocycles. The number of rotatable bonds is 3. The second-order valence-corrected chi connectivity index (χ2v) is 9.13. The summed E-state index contributed by atoms with van der Waals surface area (Å²) in [7, 11) is 0. The zero-order chi connectivity index (χ0) is 23.4. The Bertz CT molecular complexity index is 1730. The summed E-state index contributed by atoms with van der Waals surface area (Å²) in [5.74, 6) is -0.686. The number of aromatic nitrogens is 2. The van der Waals surface area contributed by atoms with Gasteiger partial charge >= 0.3 is 0 Å². The van der Waals surface area contributed by atoms with E-state index in [2.05, 4.69) is 10.3 Å². The van der Waals surface area contributed by atoms with E-state index in [1.165, 1.54) is 16.2 Å². The minimum Gasteiger partial charge on any atom is -0.325 e. The molecule has 0 bridgehead atoms. The van der Waals surface area contributed by atoms with Crippen molar-refractivity contribution < 1.29 is 9.59 Å². The van der Waals surface area contributed by atoms with Gasteiger partial charge in [-0.15, -0.1) is 0 Å². The lowest BCUT2D eigenvalue weighted by molar-refractivity contribution is -0.118. The van der Waals surface area contributed by atoms with Crippen molar-refractivity contribution in [3.05, 3.63) is 98.8 Å². The number of hydrogen-bond donors (Lipinski definition) is 1.